The van der Waals surface area contributed by atoms with Crippen LogP contribution in [0, 0.1) is 10.1 Å². The molecule has 0 unspecified atom stereocenters. The van der Waals surface area contributed by atoms with Crippen molar-refractivity contribution in [1.82, 2.24) is 4.98 Å². The van der Waals surface area contributed by atoms with Crippen molar-refractivity contribution in [2.45, 2.75) is 4.90 Å². The predicted molar refractivity (Wildman–Crippen MR) is 53.1 cm³/mol. The van der Waals surface area contributed by atoms with Gasteiger partial charge in [0.05, 0.1) is 5.75 Å². The fraction of sp³-hybridized carbons (Fsp3) is 0.125. The van der Waals surface area contributed by atoms with Crippen molar-refractivity contribution in [1.29, 1.82) is 0 Å². The Balaban J connectivity index is 3.37. The van der Waals surface area contributed by atoms with E-state index in [1.807, 2.05) is 0 Å². The first-order valence-electron chi connectivity index (χ1n) is 3.92. The zero-order valence-electron chi connectivity index (χ0n) is 7.66. The van der Waals surface area contributed by atoms with E-state index in [2.05, 4.69) is 11.6 Å². The van der Waals surface area contributed by atoms with Gasteiger partial charge in [0.15, 0.2) is 14.7 Å². The van der Waals surface area contributed by atoms with Gasteiger partial charge in [0.1, 0.15) is 6.20 Å². The van der Waals surface area contributed by atoms with Gasteiger partial charge in [-0.05, 0) is 22.0 Å². The first kappa shape index (κ1) is 11.3. The van der Waals surface area contributed by atoms with Crippen molar-refractivity contribution in [3.8, 4) is 0 Å². The molecule has 1 rings (SSSR count). The second-order valence-corrected chi connectivity index (χ2v) is 4.65. The maximum Gasteiger partial charge on any atom is 0.382 e. The Labute approximate surface area is 86.3 Å². The van der Waals surface area contributed by atoms with Crippen molar-refractivity contribution in [2.75, 3.05) is 5.75 Å². The fourth-order valence-electron chi connectivity index (χ4n) is 1.01. The normalized spacial score (nSPS) is 10.9. The summed E-state index contributed by atoms with van der Waals surface area (Å²) in [7, 11) is -3.71. The lowest BCUT2D eigenvalue weighted by molar-refractivity contribution is -0.392. The zero-order valence-corrected chi connectivity index (χ0v) is 8.48. The highest BCUT2D eigenvalue weighted by molar-refractivity contribution is 7.91. The Hall–Kier alpha value is -1.76. The van der Waals surface area contributed by atoms with Crippen LogP contribution >= 0.6 is 0 Å². The Morgan fingerprint density at radius 1 is 1.60 bits per heavy atom. The van der Waals surface area contributed by atoms with Gasteiger partial charge in [-0.1, -0.05) is 6.08 Å². The summed E-state index contributed by atoms with van der Waals surface area (Å²) in [6.45, 7) is 3.28. The predicted octanol–water partition coefficient (Wildman–Crippen LogP) is 0.950. The molecule has 0 spiro atoms. The largest absolute Gasteiger partial charge is 0.382 e. The van der Waals surface area contributed by atoms with E-state index in [1.54, 1.807) is 0 Å². The van der Waals surface area contributed by atoms with Crippen LogP contribution in [0.15, 0.2) is 35.9 Å². The Morgan fingerprint density at radius 3 is 2.80 bits per heavy atom. The maximum absolute atomic E-state index is 11.5. The van der Waals surface area contributed by atoms with Crippen molar-refractivity contribution >= 4 is 15.7 Å². The number of pyridine rings is 1. The van der Waals surface area contributed by atoms with Gasteiger partial charge in [-0.15, -0.1) is 6.58 Å². The Kier molecular flexibility index (Phi) is 3.15. The number of nitro groups is 1. The highest BCUT2D eigenvalue weighted by Gasteiger charge is 2.25. The molecule has 1 aromatic rings. The second kappa shape index (κ2) is 4.18. The van der Waals surface area contributed by atoms with Gasteiger partial charge < -0.3 is 10.1 Å². The van der Waals surface area contributed by atoms with Gasteiger partial charge >= 0.3 is 5.82 Å². The fourth-order valence-corrected chi connectivity index (χ4v) is 2.19. The molecule has 1 heterocycles. The van der Waals surface area contributed by atoms with Gasteiger partial charge in [-0.3, -0.25) is 0 Å². The summed E-state index contributed by atoms with van der Waals surface area (Å²) >= 11 is 0. The van der Waals surface area contributed by atoms with Crippen LogP contribution in [0.3, 0.4) is 0 Å². The van der Waals surface area contributed by atoms with Gasteiger partial charge in [-0.25, -0.2) is 8.42 Å². The molecule has 80 valence electrons. The Morgan fingerprint density at radius 2 is 2.27 bits per heavy atom. The van der Waals surface area contributed by atoms with Crippen molar-refractivity contribution in [2.24, 2.45) is 0 Å². The third-order valence-electron chi connectivity index (χ3n) is 1.60. The van der Waals surface area contributed by atoms with E-state index >= 15 is 0 Å². The summed E-state index contributed by atoms with van der Waals surface area (Å²) in [5.74, 6) is -1.00. The molecule has 0 aliphatic carbocycles. The molecule has 0 amide bonds. The first-order chi connectivity index (χ1) is 6.99. The minimum absolute atomic E-state index is 0.348. The van der Waals surface area contributed by atoms with E-state index in [0.717, 1.165) is 6.07 Å². The SMILES string of the molecule is C=CCS(=O)(=O)c1cccnc1[N+](=O)[O-]. The van der Waals surface area contributed by atoms with Crippen LogP contribution in [-0.2, 0) is 9.84 Å². The van der Waals surface area contributed by atoms with Gasteiger partial charge in [0.2, 0.25) is 0 Å². The molecule has 6 nitrogen and oxygen atoms in total. The maximum atomic E-state index is 11.5. The van der Waals surface area contributed by atoms with Crippen LogP contribution in [-0.4, -0.2) is 24.1 Å². The van der Waals surface area contributed by atoms with Gasteiger partial charge in [0, 0.05) is 0 Å². The molecule has 0 aromatic carbocycles. The highest BCUT2D eigenvalue weighted by atomic mass is 32.2. The van der Waals surface area contributed by atoms with Gasteiger partial charge in [-0.2, -0.15) is 0 Å². The monoisotopic (exact) mass is 228 g/mol. The van der Waals surface area contributed by atoms with E-state index in [0.29, 0.717) is 0 Å². The molecule has 0 radical (unpaired) electrons. The third-order valence-corrected chi connectivity index (χ3v) is 3.26. The third kappa shape index (κ3) is 2.38. The molecular formula is C8H8N2O4S. The number of hydrogen-bond acceptors (Lipinski definition) is 5. The summed E-state index contributed by atoms with van der Waals surface area (Å²) in [5, 5.41) is 10.5. The summed E-state index contributed by atoms with van der Waals surface area (Å²) in [5.41, 5.74) is 0. The quantitative estimate of drug-likeness (QED) is 0.434. The van der Waals surface area contributed by atoms with Crippen LogP contribution in [0.5, 0.6) is 0 Å². The van der Waals surface area contributed by atoms with Gasteiger partial charge in [0.25, 0.3) is 0 Å². The summed E-state index contributed by atoms with van der Waals surface area (Å²) in [6.07, 6.45) is 2.34. The minimum Gasteiger partial charge on any atom is -0.358 e. The highest BCUT2D eigenvalue weighted by Crippen LogP contribution is 2.21. The number of sulfone groups is 1. The second-order valence-electron chi connectivity index (χ2n) is 2.65. The molecule has 15 heavy (non-hydrogen) atoms. The molecule has 0 saturated heterocycles. The first-order valence-corrected chi connectivity index (χ1v) is 5.57. The smallest absolute Gasteiger partial charge is 0.358 e. The Bertz CT molecular complexity index is 495. The summed E-state index contributed by atoms with van der Waals surface area (Å²) < 4.78 is 23.1. The molecule has 0 aliphatic rings. The minimum atomic E-state index is -3.71. The van der Waals surface area contributed by atoms with Crippen LogP contribution in [0.2, 0.25) is 0 Å². The molecule has 0 N–H and O–H groups in total. The van der Waals surface area contributed by atoms with Crippen LogP contribution < -0.4 is 0 Å². The zero-order chi connectivity index (χ0) is 11.5. The topological polar surface area (TPSA) is 90.2 Å². The number of nitrogens with zero attached hydrogens (tertiary/aromatic N) is 2. The number of hydrogen-bond donors (Lipinski definition) is 0. The molecular weight excluding hydrogens is 220 g/mol. The average Bonchev–Trinajstić information content (AvgIpc) is 2.17. The van der Waals surface area contributed by atoms with Crippen molar-refractivity contribution in [3.63, 3.8) is 0 Å². The molecule has 0 aliphatic heterocycles. The molecule has 0 saturated carbocycles. The van der Waals surface area contributed by atoms with E-state index in [9.17, 15) is 18.5 Å². The molecule has 0 atom stereocenters. The van der Waals surface area contributed by atoms with Crippen LogP contribution in [0.4, 0.5) is 5.82 Å². The average molecular weight is 228 g/mol. The van der Waals surface area contributed by atoms with Crippen molar-refractivity contribution in [3.05, 3.63) is 41.1 Å². The van der Waals surface area contributed by atoms with E-state index < -0.39 is 20.6 Å². The number of rotatable bonds is 4. The van der Waals surface area contributed by atoms with E-state index in [1.165, 1.54) is 18.3 Å². The molecule has 0 bridgehead atoms. The lowest BCUT2D eigenvalue weighted by atomic mass is 10.5. The van der Waals surface area contributed by atoms with Crippen LogP contribution in [0.1, 0.15) is 0 Å². The molecule has 1 aromatic heterocycles. The lowest BCUT2D eigenvalue weighted by Crippen LogP contribution is -2.08. The molecule has 7 heteroatoms. The number of aromatic nitrogens is 1. The van der Waals surface area contributed by atoms with E-state index in [4.69, 9.17) is 0 Å². The van der Waals surface area contributed by atoms with Crippen molar-refractivity contribution < 1.29 is 13.3 Å². The summed E-state index contributed by atoms with van der Waals surface area (Å²) in [4.78, 5) is 12.7. The lowest BCUT2D eigenvalue weighted by Gasteiger charge is -2.01. The van der Waals surface area contributed by atoms with E-state index in [-0.39, 0.29) is 10.6 Å². The standard InChI is InChI=1S/C8H8N2O4S/c1-2-6-15(13,14)7-4-3-5-9-8(7)10(11)12/h2-5H,1,6H2. The van der Waals surface area contributed by atoms with Crippen LogP contribution in [0.25, 0.3) is 0 Å². The molecule has 0 fully saturated rings. The summed E-state index contributed by atoms with van der Waals surface area (Å²) in [6, 6.07) is 2.49.